The third-order valence-electron chi connectivity index (χ3n) is 6.23. The number of hydrogen-bond acceptors (Lipinski definition) is 4. The van der Waals surface area contributed by atoms with E-state index in [-0.39, 0.29) is 24.7 Å². The minimum absolute atomic E-state index is 0.0326. The molecule has 4 rings (SSSR count). The van der Waals surface area contributed by atoms with Crippen molar-refractivity contribution < 1.29 is 27.8 Å². The summed E-state index contributed by atoms with van der Waals surface area (Å²) in [7, 11) is 0. The first-order valence-corrected chi connectivity index (χ1v) is 12.4. The van der Waals surface area contributed by atoms with E-state index in [1.807, 2.05) is 24.3 Å². The summed E-state index contributed by atoms with van der Waals surface area (Å²) >= 11 is 1.55. The molecule has 1 fully saturated rings. The van der Waals surface area contributed by atoms with Crippen LogP contribution >= 0.6 is 11.3 Å². The first-order valence-electron chi connectivity index (χ1n) is 11.6. The van der Waals surface area contributed by atoms with Gasteiger partial charge in [-0.2, -0.15) is 13.2 Å². The monoisotopic (exact) mass is 491 g/mol. The van der Waals surface area contributed by atoms with Crippen molar-refractivity contribution in [3.05, 3.63) is 64.0 Å². The molecule has 34 heavy (non-hydrogen) atoms. The Labute approximate surface area is 200 Å². The van der Waals surface area contributed by atoms with E-state index in [0.717, 1.165) is 58.7 Å². The average molecular weight is 492 g/mol. The summed E-state index contributed by atoms with van der Waals surface area (Å²) in [5.41, 5.74) is 0.857. The minimum atomic E-state index is -4.40. The van der Waals surface area contributed by atoms with Crippen LogP contribution in [0.25, 0.3) is 10.1 Å². The number of carbonyl (C=O) groups is 1. The highest BCUT2D eigenvalue weighted by Crippen LogP contribution is 2.42. The lowest BCUT2D eigenvalue weighted by Crippen LogP contribution is -2.17. The topological polar surface area (TPSA) is 58.6 Å². The van der Waals surface area contributed by atoms with Gasteiger partial charge in [-0.3, -0.25) is 4.79 Å². The van der Waals surface area contributed by atoms with Crippen molar-refractivity contribution in [3.63, 3.8) is 0 Å². The molecule has 0 bridgehead atoms. The molecule has 2 aromatic carbocycles. The standard InChI is InChI=1S/C26H28F3NO3S/c27-26(28,29)23-14-20(7-8-22(23)18-4-2-1-3-5-18)33-16-21-13-19-12-17(6-9-24(19)34-21)15-30-11-10-25(31)32/h6-9,12-14,18,30H,1-5,10-11,15-16H2,(H,31,32). The van der Waals surface area contributed by atoms with Crippen LogP contribution in [0.2, 0.25) is 0 Å². The van der Waals surface area contributed by atoms with Crippen LogP contribution in [-0.4, -0.2) is 17.6 Å². The molecule has 3 aromatic rings. The fourth-order valence-electron chi connectivity index (χ4n) is 4.55. The van der Waals surface area contributed by atoms with Gasteiger partial charge >= 0.3 is 12.1 Å². The van der Waals surface area contributed by atoms with Gasteiger partial charge in [0.1, 0.15) is 12.4 Å². The lowest BCUT2D eigenvalue weighted by molar-refractivity contribution is -0.139. The second-order valence-electron chi connectivity index (χ2n) is 8.78. The van der Waals surface area contributed by atoms with E-state index in [1.165, 1.54) is 0 Å². The number of rotatable bonds is 9. The van der Waals surface area contributed by atoms with Crippen LogP contribution in [0.5, 0.6) is 5.75 Å². The quantitative estimate of drug-likeness (QED) is 0.313. The van der Waals surface area contributed by atoms with E-state index in [9.17, 15) is 18.0 Å². The van der Waals surface area contributed by atoms with Crippen molar-refractivity contribution >= 4 is 27.4 Å². The number of aliphatic carboxylic acids is 1. The molecule has 0 amide bonds. The van der Waals surface area contributed by atoms with Gasteiger partial charge in [-0.1, -0.05) is 31.4 Å². The predicted molar refractivity (Wildman–Crippen MR) is 127 cm³/mol. The van der Waals surface area contributed by atoms with Crippen LogP contribution < -0.4 is 10.1 Å². The summed E-state index contributed by atoms with van der Waals surface area (Å²) in [5.74, 6) is -0.640. The van der Waals surface area contributed by atoms with E-state index >= 15 is 0 Å². The normalized spacial score (nSPS) is 15.0. The van der Waals surface area contributed by atoms with Crippen molar-refractivity contribution in [2.75, 3.05) is 6.54 Å². The number of ether oxygens (including phenoxy) is 1. The van der Waals surface area contributed by atoms with Crippen LogP contribution in [-0.2, 0) is 24.1 Å². The molecule has 0 unspecified atom stereocenters. The van der Waals surface area contributed by atoms with Crippen LogP contribution in [0.15, 0.2) is 42.5 Å². The number of hydrogen-bond donors (Lipinski definition) is 2. The number of nitrogens with one attached hydrogen (secondary N) is 1. The average Bonchev–Trinajstić information content (AvgIpc) is 3.22. The highest BCUT2D eigenvalue weighted by Gasteiger charge is 2.36. The third-order valence-corrected chi connectivity index (χ3v) is 7.32. The molecule has 1 aliphatic carbocycles. The largest absolute Gasteiger partial charge is 0.488 e. The summed E-state index contributed by atoms with van der Waals surface area (Å²) in [6, 6.07) is 12.4. The van der Waals surface area contributed by atoms with Crippen LogP contribution in [0.4, 0.5) is 13.2 Å². The zero-order valence-electron chi connectivity index (χ0n) is 18.8. The molecule has 1 saturated carbocycles. The number of carboxylic acids is 1. The zero-order chi connectivity index (χ0) is 24.1. The Morgan fingerprint density at radius 3 is 2.62 bits per heavy atom. The van der Waals surface area contributed by atoms with Gasteiger partial charge < -0.3 is 15.2 Å². The highest BCUT2D eigenvalue weighted by molar-refractivity contribution is 7.19. The van der Waals surface area contributed by atoms with Crippen LogP contribution in [0.1, 0.15) is 66.0 Å². The molecular formula is C26H28F3NO3S. The molecule has 0 saturated heterocycles. The molecule has 1 aromatic heterocycles. The van der Waals surface area contributed by atoms with Gasteiger partial charge in [0.2, 0.25) is 0 Å². The molecular weight excluding hydrogens is 463 g/mol. The fraction of sp³-hybridized carbons (Fsp3) is 0.423. The Hall–Kier alpha value is -2.58. The summed E-state index contributed by atoms with van der Waals surface area (Å²) in [5, 5.41) is 12.8. The molecule has 0 aliphatic heterocycles. The first-order chi connectivity index (χ1) is 16.3. The fourth-order valence-corrected chi connectivity index (χ4v) is 5.51. The molecule has 1 heterocycles. The van der Waals surface area contributed by atoms with Gasteiger partial charge in [0.25, 0.3) is 0 Å². The highest BCUT2D eigenvalue weighted by atomic mass is 32.1. The minimum Gasteiger partial charge on any atom is -0.488 e. The zero-order valence-corrected chi connectivity index (χ0v) is 19.6. The summed E-state index contributed by atoms with van der Waals surface area (Å²) in [6.45, 7) is 1.17. The Morgan fingerprint density at radius 2 is 1.88 bits per heavy atom. The smallest absolute Gasteiger partial charge is 0.416 e. The Morgan fingerprint density at radius 1 is 1.09 bits per heavy atom. The van der Waals surface area contributed by atoms with Gasteiger partial charge in [-0.15, -0.1) is 11.3 Å². The van der Waals surface area contributed by atoms with E-state index in [0.29, 0.717) is 18.7 Å². The number of halogens is 3. The predicted octanol–water partition coefficient (Wildman–Crippen LogP) is 7.11. The molecule has 2 N–H and O–H groups in total. The van der Waals surface area contributed by atoms with Crippen LogP contribution in [0.3, 0.4) is 0 Å². The number of fused-ring (bicyclic) bond motifs is 1. The molecule has 1 aliphatic rings. The van der Waals surface area contributed by atoms with E-state index in [4.69, 9.17) is 9.84 Å². The molecule has 0 spiro atoms. The van der Waals surface area contributed by atoms with E-state index < -0.39 is 17.7 Å². The second-order valence-corrected chi connectivity index (χ2v) is 9.94. The van der Waals surface area contributed by atoms with Crippen molar-refractivity contribution in [1.82, 2.24) is 5.32 Å². The molecule has 4 nitrogen and oxygen atoms in total. The number of thiophene rings is 1. The Kier molecular flexibility index (Phi) is 7.78. The molecule has 0 radical (unpaired) electrons. The summed E-state index contributed by atoms with van der Waals surface area (Å²) in [4.78, 5) is 11.5. The van der Waals surface area contributed by atoms with Gasteiger partial charge in [0.15, 0.2) is 0 Å². The third kappa shape index (κ3) is 6.30. The Bertz CT molecular complexity index is 1140. The molecule has 0 atom stereocenters. The number of benzene rings is 2. The summed E-state index contributed by atoms with van der Waals surface area (Å²) in [6.07, 6.45) is 0.332. The van der Waals surface area contributed by atoms with Gasteiger partial charge in [-0.25, -0.2) is 0 Å². The van der Waals surface area contributed by atoms with Crippen molar-refractivity contribution in [2.24, 2.45) is 0 Å². The molecule has 8 heteroatoms. The Balaban J connectivity index is 1.43. The van der Waals surface area contributed by atoms with Crippen molar-refractivity contribution in [2.45, 2.75) is 63.8 Å². The first kappa shape index (κ1) is 24.5. The van der Waals surface area contributed by atoms with E-state index in [2.05, 4.69) is 5.32 Å². The maximum atomic E-state index is 13.8. The number of carboxylic acid groups (broad SMARTS) is 1. The van der Waals surface area contributed by atoms with Crippen molar-refractivity contribution in [3.8, 4) is 5.75 Å². The SMILES string of the molecule is O=C(O)CCNCc1ccc2sc(COc3ccc(C4CCCCC4)c(C(F)(F)F)c3)cc2c1. The van der Waals surface area contributed by atoms with Crippen molar-refractivity contribution in [1.29, 1.82) is 0 Å². The lowest BCUT2D eigenvalue weighted by atomic mass is 9.82. The molecule has 182 valence electrons. The maximum Gasteiger partial charge on any atom is 0.416 e. The maximum absolute atomic E-state index is 13.8. The number of alkyl halides is 3. The summed E-state index contributed by atoms with van der Waals surface area (Å²) < 4.78 is 48.2. The second kappa shape index (κ2) is 10.8. The van der Waals surface area contributed by atoms with Gasteiger partial charge in [0, 0.05) is 22.7 Å². The lowest BCUT2D eigenvalue weighted by Gasteiger charge is -2.25. The van der Waals surface area contributed by atoms with Crippen LogP contribution in [0, 0.1) is 0 Å². The van der Waals surface area contributed by atoms with E-state index in [1.54, 1.807) is 23.5 Å². The van der Waals surface area contributed by atoms with Gasteiger partial charge in [-0.05, 0) is 65.6 Å². The van der Waals surface area contributed by atoms with Gasteiger partial charge in [0.05, 0.1) is 12.0 Å².